The van der Waals surface area contributed by atoms with Gasteiger partial charge in [0.15, 0.2) is 6.61 Å². The average Bonchev–Trinajstić information content (AvgIpc) is 2.86. The van der Waals surface area contributed by atoms with Gasteiger partial charge in [0.05, 0.1) is 11.9 Å². The largest absolute Gasteiger partial charge is 0.494 e. The van der Waals surface area contributed by atoms with Crippen molar-refractivity contribution in [1.82, 2.24) is 0 Å². The van der Waals surface area contributed by atoms with E-state index in [9.17, 15) is 9.59 Å². The topological polar surface area (TPSA) is 76.7 Å². The van der Waals surface area contributed by atoms with Crippen LogP contribution in [0.1, 0.15) is 26.7 Å². The van der Waals surface area contributed by atoms with Crippen molar-refractivity contribution >= 4 is 35.0 Å². The molecule has 0 heterocycles. The Bertz CT molecular complexity index is 1040. The predicted octanol–water partition coefficient (Wildman–Crippen LogP) is 6.00. The zero-order chi connectivity index (χ0) is 24.2. The van der Waals surface area contributed by atoms with Crippen LogP contribution in [0.3, 0.4) is 0 Å². The molecule has 178 valence electrons. The van der Waals surface area contributed by atoms with Crippen molar-refractivity contribution in [2.75, 3.05) is 23.8 Å². The number of amides is 2. The fourth-order valence-corrected chi connectivity index (χ4v) is 3.82. The van der Waals surface area contributed by atoms with Gasteiger partial charge in [-0.05, 0) is 74.0 Å². The third kappa shape index (κ3) is 8.48. The maximum atomic E-state index is 12.6. The highest BCUT2D eigenvalue weighted by atomic mass is 32.2. The molecule has 0 saturated heterocycles. The summed E-state index contributed by atoms with van der Waals surface area (Å²) >= 11 is 1.45. The average molecular weight is 479 g/mol. The molecular formula is C27H30N2O4S. The van der Waals surface area contributed by atoms with Crippen LogP contribution < -0.4 is 20.1 Å². The molecule has 0 bridgehead atoms. The Kier molecular flexibility index (Phi) is 9.85. The maximum absolute atomic E-state index is 12.6. The van der Waals surface area contributed by atoms with Crippen molar-refractivity contribution in [1.29, 1.82) is 0 Å². The molecule has 0 aromatic heterocycles. The number of hydrogen-bond donors (Lipinski definition) is 2. The van der Waals surface area contributed by atoms with E-state index in [1.165, 1.54) is 11.8 Å². The summed E-state index contributed by atoms with van der Waals surface area (Å²) in [6.45, 7) is 4.61. The summed E-state index contributed by atoms with van der Waals surface area (Å²) in [6.07, 6.45) is 2.11. The zero-order valence-corrected chi connectivity index (χ0v) is 20.3. The Labute approximate surface area is 205 Å². The van der Waals surface area contributed by atoms with Crippen LogP contribution in [0, 0.1) is 0 Å². The lowest BCUT2D eigenvalue weighted by Gasteiger charge is -2.13. The molecule has 6 nitrogen and oxygen atoms in total. The van der Waals surface area contributed by atoms with Crippen LogP contribution in [-0.4, -0.2) is 30.3 Å². The zero-order valence-electron chi connectivity index (χ0n) is 19.5. The number of benzene rings is 3. The number of unbranched alkanes of at least 4 members (excludes halogenated alkanes) is 1. The van der Waals surface area contributed by atoms with E-state index >= 15 is 0 Å². The highest BCUT2D eigenvalue weighted by Gasteiger charge is 2.15. The van der Waals surface area contributed by atoms with Gasteiger partial charge in [0.2, 0.25) is 5.91 Å². The number of ether oxygens (including phenoxy) is 2. The molecule has 0 aliphatic heterocycles. The van der Waals surface area contributed by atoms with Crippen LogP contribution in [0.15, 0.2) is 83.8 Å². The number of hydrogen-bond acceptors (Lipinski definition) is 5. The molecule has 3 aromatic rings. The first-order valence-electron chi connectivity index (χ1n) is 11.3. The van der Waals surface area contributed by atoms with E-state index in [0.717, 1.165) is 29.2 Å². The highest BCUT2D eigenvalue weighted by molar-refractivity contribution is 8.00. The molecule has 2 N–H and O–H groups in total. The molecule has 34 heavy (non-hydrogen) atoms. The van der Waals surface area contributed by atoms with Crippen LogP contribution in [-0.2, 0) is 9.59 Å². The van der Waals surface area contributed by atoms with Gasteiger partial charge >= 0.3 is 0 Å². The van der Waals surface area contributed by atoms with E-state index in [2.05, 4.69) is 17.6 Å². The smallest absolute Gasteiger partial charge is 0.262 e. The van der Waals surface area contributed by atoms with Gasteiger partial charge in [-0.1, -0.05) is 31.5 Å². The van der Waals surface area contributed by atoms with E-state index in [4.69, 9.17) is 9.47 Å². The molecule has 2 amide bonds. The molecular weight excluding hydrogens is 448 g/mol. The Morgan fingerprint density at radius 1 is 0.824 bits per heavy atom. The lowest BCUT2D eigenvalue weighted by molar-refractivity contribution is -0.118. The molecule has 3 aromatic carbocycles. The van der Waals surface area contributed by atoms with Crippen molar-refractivity contribution in [2.45, 2.75) is 36.8 Å². The summed E-state index contributed by atoms with van der Waals surface area (Å²) in [4.78, 5) is 25.6. The number of carbonyl (C=O) groups excluding carboxylic acids is 2. The number of thioether (sulfide) groups is 1. The Hall–Kier alpha value is -3.45. The number of anilines is 2. The van der Waals surface area contributed by atoms with E-state index in [1.54, 1.807) is 12.1 Å². The van der Waals surface area contributed by atoms with Gasteiger partial charge in [0, 0.05) is 16.3 Å². The van der Waals surface area contributed by atoms with Gasteiger partial charge in [-0.15, -0.1) is 11.8 Å². The molecule has 0 fully saturated rings. The van der Waals surface area contributed by atoms with Gasteiger partial charge in [-0.25, -0.2) is 0 Å². The molecule has 1 atom stereocenters. The fourth-order valence-electron chi connectivity index (χ4n) is 2.95. The number of para-hydroxylation sites is 1. The third-order valence-electron chi connectivity index (χ3n) is 4.82. The van der Waals surface area contributed by atoms with Crippen molar-refractivity contribution < 1.29 is 19.1 Å². The molecule has 0 saturated carbocycles. The number of nitrogens with one attached hydrogen (secondary N) is 2. The first-order chi connectivity index (χ1) is 16.5. The van der Waals surface area contributed by atoms with Crippen LogP contribution in [0.5, 0.6) is 11.5 Å². The van der Waals surface area contributed by atoms with Gasteiger partial charge in [0.1, 0.15) is 11.5 Å². The van der Waals surface area contributed by atoms with Crippen LogP contribution in [0.25, 0.3) is 0 Å². The second-order valence-electron chi connectivity index (χ2n) is 7.65. The summed E-state index contributed by atoms with van der Waals surface area (Å²) in [7, 11) is 0. The van der Waals surface area contributed by atoms with E-state index in [-0.39, 0.29) is 23.7 Å². The van der Waals surface area contributed by atoms with Crippen molar-refractivity contribution in [2.24, 2.45) is 0 Å². The highest BCUT2D eigenvalue weighted by Crippen LogP contribution is 2.26. The molecule has 0 radical (unpaired) electrons. The first-order valence-corrected chi connectivity index (χ1v) is 12.2. The summed E-state index contributed by atoms with van der Waals surface area (Å²) in [6, 6.07) is 24.0. The minimum absolute atomic E-state index is 0.0659. The van der Waals surface area contributed by atoms with Crippen LogP contribution in [0.2, 0.25) is 0 Å². The summed E-state index contributed by atoms with van der Waals surface area (Å²) in [5.74, 6) is 1.12. The second-order valence-corrected chi connectivity index (χ2v) is 9.06. The Morgan fingerprint density at radius 2 is 1.44 bits per heavy atom. The molecule has 0 aliphatic rings. The molecule has 1 unspecified atom stereocenters. The van der Waals surface area contributed by atoms with Crippen molar-refractivity contribution in [3.05, 3.63) is 78.9 Å². The number of carbonyl (C=O) groups is 2. The minimum atomic E-state index is -0.291. The normalized spacial score (nSPS) is 11.4. The molecule has 0 spiro atoms. The van der Waals surface area contributed by atoms with E-state index in [1.807, 2.05) is 73.7 Å². The standard InChI is InChI=1S/C27H30N2O4S/c1-3-4-18-32-24-14-10-22(11-15-24)29-27(31)20(2)34-25-16-12-21(13-17-25)28-26(30)19-33-23-8-6-5-7-9-23/h5-17,20H,3-4,18-19H2,1-2H3,(H,28,30)(H,29,31). The van der Waals surface area contributed by atoms with Crippen LogP contribution >= 0.6 is 11.8 Å². The fraction of sp³-hybridized carbons (Fsp3) is 0.259. The van der Waals surface area contributed by atoms with Crippen molar-refractivity contribution in [3.8, 4) is 11.5 Å². The van der Waals surface area contributed by atoms with E-state index < -0.39 is 0 Å². The third-order valence-corrected chi connectivity index (χ3v) is 5.93. The maximum Gasteiger partial charge on any atom is 0.262 e. The predicted molar refractivity (Wildman–Crippen MR) is 138 cm³/mol. The summed E-state index contributed by atoms with van der Waals surface area (Å²) < 4.78 is 11.1. The molecule has 0 aliphatic carbocycles. The second kappa shape index (κ2) is 13.3. The van der Waals surface area contributed by atoms with Gasteiger partial charge in [0.25, 0.3) is 5.91 Å². The monoisotopic (exact) mass is 478 g/mol. The first kappa shape index (κ1) is 25.2. The summed E-state index contributed by atoms with van der Waals surface area (Å²) in [5.41, 5.74) is 1.40. The Morgan fingerprint density at radius 3 is 2.12 bits per heavy atom. The van der Waals surface area contributed by atoms with Crippen LogP contribution in [0.4, 0.5) is 11.4 Å². The number of rotatable bonds is 12. The summed E-state index contributed by atoms with van der Waals surface area (Å²) in [5, 5.41) is 5.45. The minimum Gasteiger partial charge on any atom is -0.494 e. The van der Waals surface area contributed by atoms with Crippen molar-refractivity contribution in [3.63, 3.8) is 0 Å². The van der Waals surface area contributed by atoms with Gasteiger partial charge < -0.3 is 20.1 Å². The quantitative estimate of drug-likeness (QED) is 0.247. The lowest BCUT2D eigenvalue weighted by Crippen LogP contribution is -2.22. The molecule has 7 heteroatoms. The Balaban J connectivity index is 1.43. The lowest BCUT2D eigenvalue weighted by atomic mass is 10.3. The SMILES string of the molecule is CCCCOc1ccc(NC(=O)C(C)Sc2ccc(NC(=O)COc3ccccc3)cc2)cc1. The van der Waals surface area contributed by atoms with Gasteiger partial charge in [-0.3, -0.25) is 9.59 Å². The van der Waals surface area contributed by atoms with E-state index in [0.29, 0.717) is 18.0 Å². The van der Waals surface area contributed by atoms with Gasteiger partial charge in [-0.2, -0.15) is 0 Å². The molecule has 3 rings (SSSR count).